The van der Waals surface area contributed by atoms with Crippen molar-refractivity contribution in [2.45, 2.75) is 39.0 Å². The maximum Gasteiger partial charge on any atom is 0.157 e. The van der Waals surface area contributed by atoms with Crippen LogP contribution in [0.25, 0.3) is 0 Å². The number of amidine groups is 1. The van der Waals surface area contributed by atoms with Gasteiger partial charge in [-0.2, -0.15) is 0 Å². The summed E-state index contributed by atoms with van der Waals surface area (Å²) in [6.45, 7) is 11.1. The molecule has 1 aliphatic rings. The van der Waals surface area contributed by atoms with Crippen LogP contribution in [0, 0.1) is 5.92 Å². The molecule has 0 aromatic heterocycles. The van der Waals surface area contributed by atoms with Gasteiger partial charge in [0.05, 0.1) is 19.2 Å². The quantitative estimate of drug-likeness (QED) is 0.785. The molecule has 4 heteroatoms. The van der Waals surface area contributed by atoms with Crippen molar-refractivity contribution in [3.8, 4) is 0 Å². The third-order valence-electron chi connectivity index (χ3n) is 2.42. The average molecular weight is 230 g/mol. The molecule has 0 amide bonds. The minimum atomic E-state index is 0.376. The maximum atomic E-state index is 5.47. The highest BCUT2D eigenvalue weighted by Crippen LogP contribution is 2.19. The first-order valence-electron chi connectivity index (χ1n) is 5.68. The first kappa shape index (κ1) is 12.8. The first-order valence-corrected chi connectivity index (χ1v) is 6.56. The molecule has 0 aromatic rings. The Hall–Kier alpha value is -0.220. The lowest BCUT2D eigenvalue weighted by Crippen LogP contribution is -2.40. The number of hydrogen-bond acceptors (Lipinski definition) is 4. The second-order valence-electron chi connectivity index (χ2n) is 4.23. The van der Waals surface area contributed by atoms with E-state index in [-0.39, 0.29) is 0 Å². The number of nitrogens with zero attached hydrogens (tertiary/aromatic N) is 1. The van der Waals surface area contributed by atoms with Crippen LogP contribution < -0.4 is 5.32 Å². The molecule has 3 nitrogen and oxygen atoms in total. The molecular formula is C11H22N2OS. The van der Waals surface area contributed by atoms with Gasteiger partial charge >= 0.3 is 0 Å². The van der Waals surface area contributed by atoms with E-state index >= 15 is 0 Å². The molecule has 15 heavy (non-hydrogen) atoms. The zero-order valence-corrected chi connectivity index (χ0v) is 10.9. The zero-order chi connectivity index (χ0) is 11.3. The third kappa shape index (κ3) is 4.43. The van der Waals surface area contributed by atoms with Crippen molar-refractivity contribution in [2.75, 3.05) is 19.8 Å². The van der Waals surface area contributed by atoms with E-state index in [2.05, 4.69) is 31.1 Å². The van der Waals surface area contributed by atoms with E-state index in [1.165, 1.54) is 0 Å². The van der Waals surface area contributed by atoms with Crippen LogP contribution in [0.1, 0.15) is 27.7 Å². The number of thioether (sulfide) groups is 1. The summed E-state index contributed by atoms with van der Waals surface area (Å²) in [5.74, 6) is 0.566. The molecule has 0 spiro atoms. The molecule has 0 radical (unpaired) electrons. The molecule has 1 rings (SSSR count). The molecule has 0 bridgehead atoms. The van der Waals surface area contributed by atoms with Gasteiger partial charge in [-0.25, -0.2) is 0 Å². The van der Waals surface area contributed by atoms with Crippen molar-refractivity contribution in [3.63, 3.8) is 0 Å². The predicted molar refractivity (Wildman–Crippen MR) is 67.6 cm³/mol. The van der Waals surface area contributed by atoms with E-state index in [1.807, 2.05) is 18.7 Å². The van der Waals surface area contributed by atoms with Crippen LogP contribution in [0.4, 0.5) is 0 Å². The molecular weight excluding hydrogens is 208 g/mol. The Morgan fingerprint density at radius 1 is 1.60 bits per heavy atom. The number of ether oxygens (including phenoxy) is 1. The molecule has 0 aliphatic carbocycles. The van der Waals surface area contributed by atoms with E-state index in [9.17, 15) is 0 Å². The highest BCUT2D eigenvalue weighted by atomic mass is 32.2. The summed E-state index contributed by atoms with van der Waals surface area (Å²) < 4.78 is 5.47. The molecule has 2 atom stereocenters. The van der Waals surface area contributed by atoms with E-state index in [0.29, 0.717) is 17.2 Å². The topological polar surface area (TPSA) is 33.6 Å². The van der Waals surface area contributed by atoms with Crippen molar-refractivity contribution in [1.82, 2.24) is 5.32 Å². The Morgan fingerprint density at radius 2 is 2.33 bits per heavy atom. The Kier molecular flexibility index (Phi) is 5.47. The fourth-order valence-electron chi connectivity index (χ4n) is 1.36. The Bertz CT molecular complexity index is 219. The highest BCUT2D eigenvalue weighted by Gasteiger charge is 2.20. The predicted octanol–water partition coefficient (Wildman–Crippen LogP) is 2.13. The van der Waals surface area contributed by atoms with Gasteiger partial charge in [-0.3, -0.25) is 4.99 Å². The highest BCUT2D eigenvalue weighted by molar-refractivity contribution is 8.14. The average Bonchev–Trinajstić information content (AvgIpc) is 2.58. The summed E-state index contributed by atoms with van der Waals surface area (Å²) in [5, 5.41) is 5.17. The first-order chi connectivity index (χ1) is 7.13. The molecule has 0 saturated heterocycles. The van der Waals surface area contributed by atoms with E-state index < -0.39 is 0 Å². The summed E-state index contributed by atoms with van der Waals surface area (Å²) in [7, 11) is 0. The molecule has 0 aromatic carbocycles. The largest absolute Gasteiger partial charge is 0.380 e. The number of hydrogen-bond donors (Lipinski definition) is 1. The standard InChI is InChI=1S/C11H22N2OS/c1-5-14-7-10(8(2)3)13-11-12-6-9(4)15-11/h8-10H,5-7H2,1-4H3,(H,12,13). The van der Waals surface area contributed by atoms with Crippen LogP contribution in [0.5, 0.6) is 0 Å². The summed E-state index contributed by atoms with van der Waals surface area (Å²) in [5.41, 5.74) is 0. The number of rotatable bonds is 5. The monoisotopic (exact) mass is 230 g/mol. The lowest BCUT2D eigenvalue weighted by atomic mass is 10.1. The van der Waals surface area contributed by atoms with Crippen LogP contribution in [-0.2, 0) is 4.74 Å². The van der Waals surface area contributed by atoms with Crippen molar-refractivity contribution in [3.05, 3.63) is 0 Å². The smallest absolute Gasteiger partial charge is 0.157 e. The van der Waals surface area contributed by atoms with E-state index in [0.717, 1.165) is 24.9 Å². The molecule has 0 fully saturated rings. The fourth-order valence-corrected chi connectivity index (χ4v) is 2.26. The Labute approximate surface area is 97.1 Å². The van der Waals surface area contributed by atoms with Gasteiger partial charge in [0.15, 0.2) is 5.17 Å². The van der Waals surface area contributed by atoms with Crippen molar-refractivity contribution < 1.29 is 4.74 Å². The van der Waals surface area contributed by atoms with Crippen molar-refractivity contribution in [2.24, 2.45) is 10.9 Å². The lowest BCUT2D eigenvalue weighted by molar-refractivity contribution is 0.115. The fraction of sp³-hybridized carbons (Fsp3) is 0.909. The molecule has 1 heterocycles. The van der Waals surface area contributed by atoms with Gasteiger partial charge in [0, 0.05) is 11.9 Å². The van der Waals surface area contributed by atoms with Gasteiger partial charge in [0.1, 0.15) is 0 Å². The van der Waals surface area contributed by atoms with Gasteiger partial charge in [0.2, 0.25) is 0 Å². The zero-order valence-electron chi connectivity index (χ0n) is 10.1. The summed E-state index contributed by atoms with van der Waals surface area (Å²) in [6.07, 6.45) is 0. The molecule has 1 aliphatic heterocycles. The van der Waals surface area contributed by atoms with Crippen LogP contribution in [-0.4, -0.2) is 36.2 Å². The normalized spacial score (nSPS) is 23.0. The maximum absolute atomic E-state index is 5.47. The van der Waals surface area contributed by atoms with Crippen LogP contribution in [0.15, 0.2) is 4.99 Å². The van der Waals surface area contributed by atoms with Crippen LogP contribution >= 0.6 is 11.8 Å². The Morgan fingerprint density at radius 3 is 2.80 bits per heavy atom. The molecule has 0 saturated carbocycles. The van der Waals surface area contributed by atoms with Crippen LogP contribution in [0.2, 0.25) is 0 Å². The minimum Gasteiger partial charge on any atom is -0.380 e. The van der Waals surface area contributed by atoms with Gasteiger partial charge in [-0.05, 0) is 12.8 Å². The number of aliphatic imine (C=N–C) groups is 1. The van der Waals surface area contributed by atoms with Crippen molar-refractivity contribution >= 4 is 16.9 Å². The van der Waals surface area contributed by atoms with E-state index in [4.69, 9.17) is 4.74 Å². The van der Waals surface area contributed by atoms with Gasteiger partial charge in [-0.1, -0.05) is 32.5 Å². The van der Waals surface area contributed by atoms with Gasteiger partial charge in [-0.15, -0.1) is 0 Å². The third-order valence-corrected chi connectivity index (χ3v) is 3.44. The summed E-state index contributed by atoms with van der Waals surface area (Å²) in [4.78, 5) is 4.46. The molecule has 2 unspecified atom stereocenters. The van der Waals surface area contributed by atoms with Crippen LogP contribution in [0.3, 0.4) is 0 Å². The van der Waals surface area contributed by atoms with Crippen molar-refractivity contribution in [1.29, 1.82) is 0 Å². The SMILES string of the molecule is CCOCC(NC1=NCC(C)S1)C(C)C. The second kappa shape index (κ2) is 6.38. The molecule has 1 N–H and O–H groups in total. The summed E-state index contributed by atoms with van der Waals surface area (Å²) in [6, 6.07) is 0.376. The van der Waals surface area contributed by atoms with E-state index in [1.54, 1.807) is 0 Å². The minimum absolute atomic E-state index is 0.376. The summed E-state index contributed by atoms with van der Waals surface area (Å²) >= 11 is 1.83. The molecule has 88 valence electrons. The second-order valence-corrected chi connectivity index (χ2v) is 5.66. The Balaban J connectivity index is 2.37. The van der Waals surface area contributed by atoms with Gasteiger partial charge < -0.3 is 10.1 Å². The van der Waals surface area contributed by atoms with Gasteiger partial charge in [0.25, 0.3) is 0 Å². The lowest BCUT2D eigenvalue weighted by Gasteiger charge is -2.22. The number of nitrogens with one attached hydrogen (secondary N) is 1.